The van der Waals surface area contributed by atoms with Crippen molar-refractivity contribution in [3.63, 3.8) is 0 Å². The first-order chi connectivity index (χ1) is 9.72. The number of aliphatic hydroxyl groups is 1. The lowest BCUT2D eigenvalue weighted by atomic mass is 10.2. The highest BCUT2D eigenvalue weighted by Gasteiger charge is 2.26. The van der Waals surface area contributed by atoms with Crippen LogP contribution in [0.1, 0.15) is 12.0 Å². The lowest BCUT2D eigenvalue weighted by molar-refractivity contribution is -0.142. The Labute approximate surface area is 119 Å². The van der Waals surface area contributed by atoms with Crippen LogP contribution < -0.4 is 4.74 Å². The number of rotatable bonds is 5. The van der Waals surface area contributed by atoms with Crippen molar-refractivity contribution in [2.45, 2.75) is 19.4 Å². The highest BCUT2D eigenvalue weighted by molar-refractivity contribution is 5.76. The van der Waals surface area contributed by atoms with E-state index in [-0.39, 0.29) is 18.6 Å². The maximum Gasteiger partial charge on any atom is 0.226 e. The molecule has 1 aliphatic heterocycles. The molecule has 0 aliphatic carbocycles. The van der Waals surface area contributed by atoms with E-state index in [1.807, 2.05) is 31.2 Å². The fraction of sp³-hybridized carbons (Fsp3) is 0.533. The van der Waals surface area contributed by atoms with Gasteiger partial charge in [-0.25, -0.2) is 0 Å². The SMILES string of the molecule is Cc1ccccc1OCCC(=O)N1CCOCC1CO. The van der Waals surface area contributed by atoms with E-state index in [0.29, 0.717) is 32.8 Å². The molecule has 5 heteroatoms. The molecule has 0 bridgehead atoms. The van der Waals surface area contributed by atoms with Crippen LogP contribution in [0.2, 0.25) is 0 Å². The zero-order valence-corrected chi connectivity index (χ0v) is 11.7. The second-order valence-corrected chi connectivity index (χ2v) is 4.86. The Morgan fingerprint density at radius 2 is 2.30 bits per heavy atom. The third-order valence-corrected chi connectivity index (χ3v) is 3.43. The van der Waals surface area contributed by atoms with Crippen LogP contribution in [0.15, 0.2) is 24.3 Å². The van der Waals surface area contributed by atoms with Crippen LogP contribution >= 0.6 is 0 Å². The van der Waals surface area contributed by atoms with E-state index in [9.17, 15) is 9.90 Å². The van der Waals surface area contributed by atoms with Crippen molar-refractivity contribution < 1.29 is 19.4 Å². The van der Waals surface area contributed by atoms with Gasteiger partial charge >= 0.3 is 0 Å². The number of morpholine rings is 1. The predicted molar refractivity (Wildman–Crippen MR) is 74.7 cm³/mol. The number of para-hydroxylation sites is 1. The third-order valence-electron chi connectivity index (χ3n) is 3.43. The Morgan fingerprint density at radius 3 is 3.05 bits per heavy atom. The summed E-state index contributed by atoms with van der Waals surface area (Å²) in [7, 11) is 0. The van der Waals surface area contributed by atoms with Gasteiger partial charge in [0.05, 0.1) is 38.9 Å². The van der Waals surface area contributed by atoms with Gasteiger partial charge in [-0.05, 0) is 18.6 Å². The Hall–Kier alpha value is -1.59. The van der Waals surface area contributed by atoms with Gasteiger partial charge in [0.1, 0.15) is 5.75 Å². The molecule has 1 aromatic carbocycles. The maximum absolute atomic E-state index is 12.1. The molecular weight excluding hydrogens is 258 g/mol. The van der Waals surface area contributed by atoms with Crippen molar-refractivity contribution in [1.29, 1.82) is 0 Å². The maximum atomic E-state index is 12.1. The summed E-state index contributed by atoms with van der Waals surface area (Å²) >= 11 is 0. The molecule has 20 heavy (non-hydrogen) atoms. The summed E-state index contributed by atoms with van der Waals surface area (Å²) < 4.78 is 10.9. The molecule has 1 aromatic rings. The van der Waals surface area contributed by atoms with Crippen molar-refractivity contribution in [1.82, 2.24) is 4.90 Å². The van der Waals surface area contributed by atoms with E-state index >= 15 is 0 Å². The first-order valence-electron chi connectivity index (χ1n) is 6.89. The van der Waals surface area contributed by atoms with Gasteiger partial charge in [-0.3, -0.25) is 4.79 Å². The summed E-state index contributed by atoms with van der Waals surface area (Å²) in [4.78, 5) is 13.8. The molecule has 1 aliphatic rings. The summed E-state index contributed by atoms with van der Waals surface area (Å²) in [6, 6.07) is 7.50. The zero-order chi connectivity index (χ0) is 14.4. The standard InChI is InChI=1S/C15H21NO4/c1-12-4-2-3-5-14(12)20-8-6-15(18)16-7-9-19-11-13(16)10-17/h2-5,13,17H,6-11H2,1H3. The van der Waals surface area contributed by atoms with Crippen LogP contribution in [0.4, 0.5) is 0 Å². The van der Waals surface area contributed by atoms with Crippen LogP contribution in [0.5, 0.6) is 5.75 Å². The number of amides is 1. The molecule has 0 saturated carbocycles. The first kappa shape index (κ1) is 14.8. The minimum atomic E-state index is -0.227. The van der Waals surface area contributed by atoms with Crippen LogP contribution in [-0.4, -0.2) is 54.9 Å². The number of hydrogen-bond acceptors (Lipinski definition) is 4. The second-order valence-electron chi connectivity index (χ2n) is 4.86. The summed E-state index contributed by atoms with van der Waals surface area (Å²) in [5.74, 6) is 0.807. The molecule has 0 spiro atoms. The number of nitrogens with zero attached hydrogens (tertiary/aromatic N) is 1. The van der Waals surface area contributed by atoms with E-state index in [2.05, 4.69) is 0 Å². The van der Waals surface area contributed by atoms with E-state index in [1.54, 1.807) is 4.90 Å². The van der Waals surface area contributed by atoms with E-state index in [1.165, 1.54) is 0 Å². The monoisotopic (exact) mass is 279 g/mol. The van der Waals surface area contributed by atoms with E-state index < -0.39 is 0 Å². The fourth-order valence-corrected chi connectivity index (χ4v) is 2.24. The van der Waals surface area contributed by atoms with Gasteiger partial charge in [-0.1, -0.05) is 18.2 Å². The fourth-order valence-electron chi connectivity index (χ4n) is 2.24. The second kappa shape index (κ2) is 7.26. The van der Waals surface area contributed by atoms with Gasteiger partial charge in [-0.15, -0.1) is 0 Å². The summed E-state index contributed by atoms with van der Waals surface area (Å²) in [6.45, 7) is 3.72. The minimum absolute atomic E-state index is 0.000865. The average Bonchev–Trinajstić information content (AvgIpc) is 2.49. The highest BCUT2D eigenvalue weighted by atomic mass is 16.5. The Morgan fingerprint density at radius 1 is 1.50 bits per heavy atom. The van der Waals surface area contributed by atoms with Gasteiger partial charge in [0.25, 0.3) is 0 Å². The molecule has 1 amide bonds. The normalized spacial score (nSPS) is 18.9. The van der Waals surface area contributed by atoms with E-state index in [0.717, 1.165) is 11.3 Å². The lowest BCUT2D eigenvalue weighted by Crippen LogP contribution is -2.50. The van der Waals surface area contributed by atoms with Crippen molar-refractivity contribution in [2.24, 2.45) is 0 Å². The number of hydrogen-bond donors (Lipinski definition) is 1. The van der Waals surface area contributed by atoms with Gasteiger partial charge in [0.15, 0.2) is 0 Å². The molecule has 0 aromatic heterocycles. The lowest BCUT2D eigenvalue weighted by Gasteiger charge is -2.34. The van der Waals surface area contributed by atoms with Crippen molar-refractivity contribution in [3.8, 4) is 5.75 Å². The number of carbonyl (C=O) groups excluding carboxylic acids is 1. The Kier molecular flexibility index (Phi) is 5.38. The number of aryl methyl sites for hydroxylation is 1. The molecule has 2 rings (SSSR count). The van der Waals surface area contributed by atoms with Gasteiger partial charge in [0.2, 0.25) is 5.91 Å². The van der Waals surface area contributed by atoms with Gasteiger partial charge in [0, 0.05) is 6.54 Å². The summed E-state index contributed by atoms with van der Waals surface area (Å²) in [5.41, 5.74) is 1.06. The Balaban J connectivity index is 1.81. The number of benzene rings is 1. The molecule has 0 radical (unpaired) electrons. The third kappa shape index (κ3) is 3.71. The van der Waals surface area contributed by atoms with Crippen LogP contribution in [0, 0.1) is 6.92 Å². The van der Waals surface area contributed by atoms with Gasteiger partial charge < -0.3 is 19.5 Å². The van der Waals surface area contributed by atoms with Crippen LogP contribution in [-0.2, 0) is 9.53 Å². The zero-order valence-electron chi connectivity index (χ0n) is 11.7. The molecule has 1 saturated heterocycles. The summed E-state index contributed by atoms with van der Waals surface area (Å²) in [6.07, 6.45) is 0.310. The van der Waals surface area contributed by atoms with Crippen molar-refractivity contribution >= 4 is 5.91 Å². The molecule has 1 N–H and O–H groups in total. The molecule has 1 heterocycles. The highest BCUT2D eigenvalue weighted by Crippen LogP contribution is 2.16. The topological polar surface area (TPSA) is 59.0 Å². The molecule has 5 nitrogen and oxygen atoms in total. The minimum Gasteiger partial charge on any atom is -0.493 e. The summed E-state index contributed by atoms with van der Waals surface area (Å²) in [5, 5.41) is 9.25. The molecular formula is C15H21NO4. The van der Waals surface area contributed by atoms with Crippen LogP contribution in [0.25, 0.3) is 0 Å². The van der Waals surface area contributed by atoms with Crippen molar-refractivity contribution in [2.75, 3.05) is 33.0 Å². The largest absolute Gasteiger partial charge is 0.493 e. The van der Waals surface area contributed by atoms with Gasteiger partial charge in [-0.2, -0.15) is 0 Å². The number of aliphatic hydroxyl groups excluding tert-OH is 1. The van der Waals surface area contributed by atoms with Crippen molar-refractivity contribution in [3.05, 3.63) is 29.8 Å². The number of carbonyl (C=O) groups is 1. The average molecular weight is 279 g/mol. The first-order valence-corrected chi connectivity index (χ1v) is 6.89. The Bertz CT molecular complexity index is 449. The smallest absolute Gasteiger partial charge is 0.226 e. The predicted octanol–water partition coefficient (Wildman–Crippen LogP) is 0.984. The van der Waals surface area contributed by atoms with Crippen LogP contribution in [0.3, 0.4) is 0 Å². The molecule has 1 atom stereocenters. The molecule has 1 unspecified atom stereocenters. The molecule has 1 fully saturated rings. The molecule has 110 valence electrons. The van der Waals surface area contributed by atoms with E-state index in [4.69, 9.17) is 9.47 Å². The quantitative estimate of drug-likeness (QED) is 0.873. The number of ether oxygens (including phenoxy) is 2.